The number of amides is 1. The fraction of sp³-hybridized carbons (Fsp3) is 0.643. The Kier molecular flexibility index (Phi) is 3.92. The molecule has 0 unspecified atom stereocenters. The normalized spacial score (nSPS) is 16.0. The van der Waals surface area contributed by atoms with Crippen LogP contribution in [0.15, 0.2) is 17.2 Å². The monoisotopic (exact) mass is 313 g/mol. The summed E-state index contributed by atoms with van der Waals surface area (Å²) in [7, 11) is -2.06. The number of aromatic nitrogens is 1. The van der Waals surface area contributed by atoms with Crippen LogP contribution in [0.5, 0.6) is 0 Å². The van der Waals surface area contributed by atoms with Gasteiger partial charge >= 0.3 is 0 Å². The van der Waals surface area contributed by atoms with E-state index in [1.807, 2.05) is 20.8 Å². The zero-order valence-electron chi connectivity index (χ0n) is 13.0. The SMILES string of the molecule is CCC(C)(C)N(C)C(=O)c1cc(S(N)(=O)=O)cn1C1CC1. The fourth-order valence-corrected chi connectivity index (χ4v) is 2.66. The molecule has 6 nitrogen and oxygen atoms in total. The van der Waals surface area contributed by atoms with E-state index in [1.54, 1.807) is 16.5 Å². The molecule has 2 N–H and O–H groups in total. The molecule has 1 aromatic rings. The van der Waals surface area contributed by atoms with Gasteiger partial charge in [-0.05, 0) is 39.2 Å². The molecular weight excluding hydrogens is 290 g/mol. The second kappa shape index (κ2) is 5.14. The van der Waals surface area contributed by atoms with Crippen molar-refractivity contribution >= 4 is 15.9 Å². The molecule has 0 bridgehead atoms. The smallest absolute Gasteiger partial charge is 0.270 e. The first kappa shape index (κ1) is 16.0. The highest BCUT2D eigenvalue weighted by Gasteiger charge is 2.33. The molecule has 1 amide bonds. The molecule has 1 aromatic heterocycles. The van der Waals surface area contributed by atoms with Crippen molar-refractivity contribution in [1.29, 1.82) is 0 Å². The van der Waals surface area contributed by atoms with Gasteiger partial charge in [0.25, 0.3) is 5.91 Å². The summed E-state index contributed by atoms with van der Waals surface area (Å²) in [4.78, 5) is 14.4. The molecule has 2 rings (SSSR count). The number of rotatable bonds is 5. The molecule has 1 fully saturated rings. The third-order valence-electron chi connectivity index (χ3n) is 4.39. The van der Waals surface area contributed by atoms with Crippen LogP contribution in [0.25, 0.3) is 0 Å². The lowest BCUT2D eigenvalue weighted by Gasteiger charge is -2.35. The largest absolute Gasteiger partial charge is 0.339 e. The molecule has 0 atom stereocenters. The standard InChI is InChI=1S/C14H23N3O3S/c1-5-14(2,3)16(4)13(18)12-8-11(21(15,19)20)9-17(12)10-6-7-10/h8-10H,5-7H2,1-4H3,(H2,15,19,20). The third-order valence-corrected chi connectivity index (χ3v) is 5.27. The van der Waals surface area contributed by atoms with E-state index in [0.717, 1.165) is 19.3 Å². The van der Waals surface area contributed by atoms with Crippen molar-refractivity contribution in [2.24, 2.45) is 5.14 Å². The van der Waals surface area contributed by atoms with Crippen molar-refractivity contribution in [3.8, 4) is 0 Å². The second-order valence-corrected chi connectivity index (χ2v) is 7.84. The van der Waals surface area contributed by atoms with Gasteiger partial charge in [0.15, 0.2) is 0 Å². The van der Waals surface area contributed by atoms with Gasteiger partial charge in [-0.15, -0.1) is 0 Å². The molecule has 21 heavy (non-hydrogen) atoms. The van der Waals surface area contributed by atoms with Gasteiger partial charge in [-0.1, -0.05) is 6.92 Å². The first-order valence-electron chi connectivity index (χ1n) is 7.10. The Hall–Kier alpha value is -1.34. The van der Waals surface area contributed by atoms with E-state index in [1.165, 1.54) is 12.3 Å². The molecule has 0 aromatic carbocycles. The predicted molar refractivity (Wildman–Crippen MR) is 80.5 cm³/mol. The van der Waals surface area contributed by atoms with Crippen LogP contribution in [0.2, 0.25) is 0 Å². The van der Waals surface area contributed by atoms with E-state index in [-0.39, 0.29) is 22.4 Å². The van der Waals surface area contributed by atoms with Gasteiger partial charge in [-0.2, -0.15) is 0 Å². The Morgan fingerprint density at radius 3 is 2.48 bits per heavy atom. The maximum Gasteiger partial charge on any atom is 0.270 e. The van der Waals surface area contributed by atoms with Gasteiger partial charge < -0.3 is 9.47 Å². The second-order valence-electron chi connectivity index (χ2n) is 6.27. The van der Waals surface area contributed by atoms with Gasteiger partial charge in [0.05, 0.1) is 0 Å². The Balaban J connectivity index is 2.43. The molecule has 0 radical (unpaired) electrons. The number of nitrogens with zero attached hydrogens (tertiary/aromatic N) is 2. The van der Waals surface area contributed by atoms with Crippen LogP contribution in [0.1, 0.15) is 56.6 Å². The molecule has 0 saturated heterocycles. The van der Waals surface area contributed by atoms with Crippen LogP contribution in [0.3, 0.4) is 0 Å². The van der Waals surface area contributed by atoms with E-state index in [4.69, 9.17) is 5.14 Å². The summed E-state index contributed by atoms with van der Waals surface area (Å²) in [5.41, 5.74) is 0.0999. The molecule has 0 spiro atoms. The van der Waals surface area contributed by atoms with Crippen molar-refractivity contribution in [1.82, 2.24) is 9.47 Å². The molecule has 1 aliphatic rings. The molecule has 0 aliphatic heterocycles. The number of sulfonamides is 1. The minimum atomic E-state index is -3.80. The molecule has 1 heterocycles. The average Bonchev–Trinajstić information content (AvgIpc) is 3.14. The van der Waals surface area contributed by atoms with Crippen LogP contribution in [-0.2, 0) is 10.0 Å². The highest BCUT2D eigenvalue weighted by Crippen LogP contribution is 2.37. The number of carbonyl (C=O) groups is 1. The predicted octanol–water partition coefficient (Wildman–Crippen LogP) is 1.73. The topological polar surface area (TPSA) is 85.4 Å². The van der Waals surface area contributed by atoms with Gasteiger partial charge in [0.2, 0.25) is 10.0 Å². The lowest BCUT2D eigenvalue weighted by Crippen LogP contribution is -2.45. The molecular formula is C14H23N3O3S. The van der Waals surface area contributed by atoms with Gasteiger partial charge in [-0.25, -0.2) is 13.6 Å². The van der Waals surface area contributed by atoms with E-state index in [0.29, 0.717) is 5.69 Å². The molecule has 7 heteroatoms. The van der Waals surface area contributed by atoms with Crippen LogP contribution >= 0.6 is 0 Å². The van der Waals surface area contributed by atoms with E-state index in [2.05, 4.69) is 0 Å². The Bertz CT molecular complexity index is 657. The number of carbonyl (C=O) groups excluding carboxylic acids is 1. The minimum Gasteiger partial charge on any atom is -0.339 e. The fourth-order valence-electron chi connectivity index (χ4n) is 2.12. The minimum absolute atomic E-state index is 0.000421. The van der Waals surface area contributed by atoms with Gasteiger partial charge in [0.1, 0.15) is 10.6 Å². The highest BCUT2D eigenvalue weighted by molar-refractivity contribution is 7.89. The van der Waals surface area contributed by atoms with Crippen molar-refractivity contribution in [3.05, 3.63) is 18.0 Å². The van der Waals surface area contributed by atoms with E-state index < -0.39 is 10.0 Å². The lowest BCUT2D eigenvalue weighted by molar-refractivity contribution is 0.0609. The maximum absolute atomic E-state index is 12.7. The van der Waals surface area contributed by atoms with Crippen molar-refractivity contribution in [3.63, 3.8) is 0 Å². The van der Waals surface area contributed by atoms with Crippen LogP contribution in [0.4, 0.5) is 0 Å². The molecule has 118 valence electrons. The maximum atomic E-state index is 12.7. The third kappa shape index (κ3) is 3.13. The van der Waals surface area contributed by atoms with Crippen molar-refractivity contribution < 1.29 is 13.2 Å². The number of nitrogens with two attached hydrogens (primary N) is 1. The van der Waals surface area contributed by atoms with Crippen LogP contribution < -0.4 is 5.14 Å². The van der Waals surface area contributed by atoms with Crippen molar-refractivity contribution in [2.45, 2.75) is 56.5 Å². The zero-order chi connectivity index (χ0) is 16.0. The molecule has 1 saturated carbocycles. The highest BCUT2D eigenvalue weighted by atomic mass is 32.2. The van der Waals surface area contributed by atoms with Gasteiger partial charge in [-0.3, -0.25) is 4.79 Å². The Labute approximate surface area is 126 Å². The van der Waals surface area contributed by atoms with Crippen LogP contribution in [-0.4, -0.2) is 36.4 Å². The quantitative estimate of drug-likeness (QED) is 0.898. The Morgan fingerprint density at radius 2 is 2.05 bits per heavy atom. The average molecular weight is 313 g/mol. The van der Waals surface area contributed by atoms with Crippen molar-refractivity contribution in [2.75, 3.05) is 7.05 Å². The number of hydrogen-bond acceptors (Lipinski definition) is 3. The number of primary sulfonamides is 1. The Morgan fingerprint density at radius 1 is 1.48 bits per heavy atom. The number of hydrogen-bond donors (Lipinski definition) is 1. The van der Waals surface area contributed by atoms with E-state index >= 15 is 0 Å². The summed E-state index contributed by atoms with van der Waals surface area (Å²) in [6.07, 6.45) is 4.20. The first-order chi connectivity index (χ1) is 9.58. The van der Waals surface area contributed by atoms with E-state index in [9.17, 15) is 13.2 Å². The first-order valence-corrected chi connectivity index (χ1v) is 8.65. The summed E-state index contributed by atoms with van der Waals surface area (Å²) in [5.74, 6) is -0.177. The zero-order valence-corrected chi connectivity index (χ0v) is 13.8. The summed E-state index contributed by atoms with van der Waals surface area (Å²) in [5, 5.41) is 5.18. The summed E-state index contributed by atoms with van der Waals surface area (Å²) in [6.45, 7) is 5.98. The van der Waals surface area contributed by atoms with Crippen LogP contribution in [0, 0.1) is 0 Å². The molecule has 1 aliphatic carbocycles. The summed E-state index contributed by atoms with van der Waals surface area (Å²) >= 11 is 0. The summed E-state index contributed by atoms with van der Waals surface area (Å²) in [6, 6.07) is 1.59. The summed E-state index contributed by atoms with van der Waals surface area (Å²) < 4.78 is 24.8. The van der Waals surface area contributed by atoms with Gasteiger partial charge in [0, 0.05) is 24.8 Å². The lowest BCUT2D eigenvalue weighted by atomic mass is 9.99.